The normalized spacial score (nSPS) is 10.8. The Hall–Kier alpha value is -0.300. The molecule has 0 aliphatic heterocycles. The van der Waals surface area contributed by atoms with Gasteiger partial charge >= 0.3 is 0 Å². The van der Waals surface area contributed by atoms with E-state index in [1.54, 1.807) is 11.8 Å². The molecule has 0 amide bonds. The van der Waals surface area contributed by atoms with E-state index in [9.17, 15) is 0 Å². The van der Waals surface area contributed by atoms with Crippen molar-refractivity contribution in [2.75, 3.05) is 6.26 Å². The number of rotatable bonds is 1. The van der Waals surface area contributed by atoms with Gasteiger partial charge in [0, 0.05) is 6.20 Å². The van der Waals surface area contributed by atoms with E-state index in [4.69, 9.17) is 0 Å². The lowest BCUT2D eigenvalue weighted by atomic mass is 10.6. The van der Waals surface area contributed by atoms with Gasteiger partial charge in [-0.05, 0) is 34.9 Å². The van der Waals surface area contributed by atoms with Crippen molar-refractivity contribution >= 4 is 40.0 Å². The molecular weight excluding hydrogens is 285 g/mol. The van der Waals surface area contributed by atoms with Gasteiger partial charge in [-0.2, -0.15) is 5.10 Å². The highest BCUT2D eigenvalue weighted by molar-refractivity contribution is 14.1. The van der Waals surface area contributed by atoms with Crippen LogP contribution in [0.2, 0.25) is 0 Å². The molecule has 12 heavy (non-hydrogen) atoms. The minimum absolute atomic E-state index is 0.933. The highest BCUT2D eigenvalue weighted by atomic mass is 127. The molecule has 0 radical (unpaired) electrons. The van der Waals surface area contributed by atoms with E-state index >= 15 is 0 Å². The molecule has 0 N–H and O–H groups in total. The molecule has 3 nitrogen and oxygen atoms in total. The standard InChI is InChI=1S/C7H6IN3S/c1-12-6-2-3-9-7-5(8)4-10-11(6)7/h2-4H,1H3. The Balaban J connectivity index is 2.81. The summed E-state index contributed by atoms with van der Waals surface area (Å²) in [5.41, 5.74) is 0.933. The second kappa shape index (κ2) is 3.21. The lowest BCUT2D eigenvalue weighted by molar-refractivity contribution is 0.844. The van der Waals surface area contributed by atoms with E-state index in [0.717, 1.165) is 14.2 Å². The Labute approximate surface area is 87.7 Å². The summed E-state index contributed by atoms with van der Waals surface area (Å²) in [6.45, 7) is 0. The number of hydrogen-bond donors (Lipinski definition) is 0. The van der Waals surface area contributed by atoms with Crippen LogP contribution < -0.4 is 0 Å². The fourth-order valence-corrected chi connectivity index (χ4v) is 1.99. The summed E-state index contributed by atoms with van der Waals surface area (Å²) < 4.78 is 2.94. The molecule has 62 valence electrons. The molecule has 0 spiro atoms. The van der Waals surface area contributed by atoms with Crippen molar-refractivity contribution in [2.45, 2.75) is 5.03 Å². The van der Waals surface area contributed by atoms with Gasteiger partial charge < -0.3 is 0 Å². The minimum Gasteiger partial charge on any atom is -0.236 e. The van der Waals surface area contributed by atoms with Crippen LogP contribution in [0.15, 0.2) is 23.5 Å². The Morgan fingerprint density at radius 1 is 1.58 bits per heavy atom. The number of aromatic nitrogens is 3. The largest absolute Gasteiger partial charge is 0.236 e. The Bertz CT molecular complexity index is 412. The minimum atomic E-state index is 0.933. The maximum Gasteiger partial charge on any atom is 0.169 e. The van der Waals surface area contributed by atoms with Crippen LogP contribution in [0.1, 0.15) is 0 Å². The summed E-state index contributed by atoms with van der Waals surface area (Å²) in [7, 11) is 0. The Morgan fingerprint density at radius 3 is 3.17 bits per heavy atom. The summed E-state index contributed by atoms with van der Waals surface area (Å²) in [5.74, 6) is 0. The van der Waals surface area contributed by atoms with Crippen LogP contribution in [-0.2, 0) is 0 Å². The second-order valence-electron chi connectivity index (χ2n) is 2.22. The maximum atomic E-state index is 4.23. The summed E-state index contributed by atoms with van der Waals surface area (Å²) in [6.07, 6.45) is 5.66. The van der Waals surface area contributed by atoms with E-state index < -0.39 is 0 Å². The number of thioether (sulfide) groups is 1. The van der Waals surface area contributed by atoms with Gasteiger partial charge in [-0.3, -0.25) is 0 Å². The molecule has 2 aromatic heterocycles. The van der Waals surface area contributed by atoms with Crippen LogP contribution in [0.3, 0.4) is 0 Å². The zero-order chi connectivity index (χ0) is 8.55. The van der Waals surface area contributed by atoms with Crippen molar-refractivity contribution < 1.29 is 0 Å². The Kier molecular flexibility index (Phi) is 2.22. The number of halogens is 1. The van der Waals surface area contributed by atoms with E-state index in [2.05, 4.69) is 32.7 Å². The highest BCUT2D eigenvalue weighted by Gasteiger charge is 2.04. The summed E-state index contributed by atoms with van der Waals surface area (Å²) >= 11 is 3.90. The summed E-state index contributed by atoms with van der Waals surface area (Å²) in [6, 6.07) is 1.96. The van der Waals surface area contributed by atoms with E-state index in [-0.39, 0.29) is 0 Å². The molecule has 2 rings (SSSR count). The van der Waals surface area contributed by atoms with Crippen LogP contribution in [0, 0.1) is 3.57 Å². The summed E-state index contributed by atoms with van der Waals surface area (Å²) in [5, 5.41) is 5.33. The van der Waals surface area contributed by atoms with E-state index in [1.807, 2.05) is 29.2 Å². The average molecular weight is 291 g/mol. The molecule has 0 aromatic carbocycles. The molecule has 5 heteroatoms. The van der Waals surface area contributed by atoms with Gasteiger partial charge in [-0.1, -0.05) is 0 Å². The SMILES string of the molecule is CSc1ccnc2c(I)cnn12. The Morgan fingerprint density at radius 2 is 2.42 bits per heavy atom. The van der Waals surface area contributed by atoms with E-state index in [1.165, 1.54) is 0 Å². The molecule has 0 unspecified atom stereocenters. The van der Waals surface area contributed by atoms with Gasteiger partial charge in [0.2, 0.25) is 0 Å². The number of fused-ring (bicyclic) bond motifs is 1. The first kappa shape index (κ1) is 8.31. The molecule has 0 saturated carbocycles. The molecular formula is C7H6IN3S. The molecule has 0 fully saturated rings. The van der Waals surface area contributed by atoms with E-state index in [0.29, 0.717) is 0 Å². The van der Waals surface area contributed by atoms with Crippen molar-refractivity contribution in [1.29, 1.82) is 0 Å². The van der Waals surface area contributed by atoms with Crippen LogP contribution in [0.5, 0.6) is 0 Å². The monoisotopic (exact) mass is 291 g/mol. The van der Waals surface area contributed by atoms with Gasteiger partial charge in [0.05, 0.1) is 9.77 Å². The number of nitrogens with zero attached hydrogens (tertiary/aromatic N) is 3. The van der Waals surface area contributed by atoms with Gasteiger partial charge in [0.1, 0.15) is 5.03 Å². The fraction of sp³-hybridized carbons (Fsp3) is 0.143. The molecule has 0 aliphatic rings. The lowest BCUT2D eigenvalue weighted by Crippen LogP contribution is -1.92. The summed E-state index contributed by atoms with van der Waals surface area (Å²) in [4.78, 5) is 4.23. The third-order valence-electron chi connectivity index (χ3n) is 1.53. The first-order chi connectivity index (χ1) is 5.83. The first-order valence-corrected chi connectivity index (χ1v) is 5.65. The molecule has 0 saturated heterocycles. The topological polar surface area (TPSA) is 30.2 Å². The van der Waals surface area contributed by atoms with Crippen LogP contribution >= 0.6 is 34.4 Å². The average Bonchev–Trinajstić information content (AvgIpc) is 2.48. The molecule has 2 heterocycles. The van der Waals surface area contributed by atoms with Crippen molar-refractivity contribution in [1.82, 2.24) is 14.6 Å². The molecule has 0 bridgehead atoms. The van der Waals surface area contributed by atoms with Crippen LogP contribution in [0.4, 0.5) is 0 Å². The van der Waals surface area contributed by atoms with Crippen molar-refractivity contribution in [3.05, 3.63) is 22.0 Å². The highest BCUT2D eigenvalue weighted by Crippen LogP contribution is 2.17. The predicted octanol–water partition coefficient (Wildman–Crippen LogP) is 2.06. The van der Waals surface area contributed by atoms with Crippen molar-refractivity contribution in [2.24, 2.45) is 0 Å². The second-order valence-corrected chi connectivity index (χ2v) is 4.20. The number of hydrogen-bond acceptors (Lipinski definition) is 3. The van der Waals surface area contributed by atoms with Gasteiger partial charge in [-0.25, -0.2) is 9.50 Å². The molecule has 2 aromatic rings. The third-order valence-corrected chi connectivity index (χ3v) is 3.02. The van der Waals surface area contributed by atoms with Gasteiger partial charge in [-0.15, -0.1) is 11.8 Å². The molecule has 0 aliphatic carbocycles. The zero-order valence-electron chi connectivity index (χ0n) is 6.36. The quantitative estimate of drug-likeness (QED) is 0.458. The lowest BCUT2D eigenvalue weighted by Gasteiger charge is -1.98. The fourth-order valence-electron chi connectivity index (χ4n) is 0.996. The first-order valence-electron chi connectivity index (χ1n) is 3.35. The van der Waals surface area contributed by atoms with Gasteiger partial charge in [0.25, 0.3) is 0 Å². The van der Waals surface area contributed by atoms with Crippen molar-refractivity contribution in [3.8, 4) is 0 Å². The van der Waals surface area contributed by atoms with Gasteiger partial charge in [0.15, 0.2) is 5.65 Å². The van der Waals surface area contributed by atoms with Crippen LogP contribution in [0.25, 0.3) is 5.65 Å². The van der Waals surface area contributed by atoms with Crippen LogP contribution in [-0.4, -0.2) is 20.9 Å². The predicted molar refractivity (Wildman–Crippen MR) is 57.5 cm³/mol. The maximum absolute atomic E-state index is 4.23. The molecule has 0 atom stereocenters. The third kappa shape index (κ3) is 1.20. The smallest absolute Gasteiger partial charge is 0.169 e. The zero-order valence-corrected chi connectivity index (χ0v) is 9.33. The van der Waals surface area contributed by atoms with Crippen molar-refractivity contribution in [3.63, 3.8) is 0 Å².